The zero-order chi connectivity index (χ0) is 19.7. The van der Waals surface area contributed by atoms with E-state index in [1.165, 1.54) is 44.9 Å². The Morgan fingerprint density at radius 2 is 1.17 bits per heavy atom. The van der Waals surface area contributed by atoms with E-state index < -0.39 is 0 Å². The second-order valence-electron chi connectivity index (χ2n) is 6.37. The van der Waals surface area contributed by atoms with Crippen molar-refractivity contribution in [2.24, 2.45) is 5.16 Å². The molecule has 0 amide bonds. The third-order valence-electron chi connectivity index (χ3n) is 4.44. The molecule has 1 aliphatic rings. The molecule has 4 aromatic carbocycles. The van der Waals surface area contributed by atoms with Gasteiger partial charge < -0.3 is 4.98 Å². The van der Waals surface area contributed by atoms with Crippen LogP contribution in [0.4, 0.5) is 0 Å². The zero-order valence-electron chi connectivity index (χ0n) is 15.7. The molecule has 5 aromatic rings. The molecule has 29 heavy (non-hydrogen) atoms. The first-order valence-corrected chi connectivity index (χ1v) is 9.31. The molecule has 0 atom stereocenters. The number of nitrogens with zero attached hydrogens (tertiary/aromatic N) is 1. The van der Waals surface area contributed by atoms with E-state index in [-0.39, 0.29) is 0 Å². The Bertz CT molecular complexity index is 1120. The minimum atomic E-state index is 1.21. The monoisotopic (exact) mass is 380 g/mol. The zero-order valence-corrected chi connectivity index (χ0v) is 15.7. The van der Waals surface area contributed by atoms with Gasteiger partial charge in [0.15, 0.2) is 0 Å². The standard InChI is InChI=1S/C14H10.C8H7N.C3H3NO2/c1-2-6-12-10-14-8-4-3-7-13(14)9-11(12)5-1;1-2-4-8-7(3-1)5-6-9-8;1-2-4-6-5-3-1/h1-10H;1-6,9H;1-3H. The normalized spacial score (nSPS) is 11.7. The molecule has 1 aromatic heterocycles. The molecule has 0 spiro atoms. The lowest BCUT2D eigenvalue weighted by atomic mass is 10.0. The highest BCUT2D eigenvalue weighted by Gasteiger charge is 1.95. The lowest BCUT2D eigenvalue weighted by Crippen LogP contribution is -1.82. The summed E-state index contributed by atoms with van der Waals surface area (Å²) in [5.41, 5.74) is 1.21. The quantitative estimate of drug-likeness (QED) is 0.243. The molecule has 0 saturated heterocycles. The van der Waals surface area contributed by atoms with Crippen LogP contribution in [-0.2, 0) is 9.88 Å². The lowest BCUT2D eigenvalue weighted by Gasteiger charge is -2.00. The molecule has 1 N–H and O–H groups in total. The van der Waals surface area contributed by atoms with Gasteiger partial charge in [-0.05, 0) is 62.4 Å². The van der Waals surface area contributed by atoms with Gasteiger partial charge in [0.05, 0.1) is 6.21 Å². The molecule has 0 aliphatic carbocycles. The van der Waals surface area contributed by atoms with Crippen molar-refractivity contribution in [3.63, 3.8) is 0 Å². The fraction of sp³-hybridized carbons (Fsp3) is 0. The number of aromatic amines is 1. The van der Waals surface area contributed by atoms with Gasteiger partial charge in [0.25, 0.3) is 0 Å². The summed E-state index contributed by atoms with van der Waals surface area (Å²) < 4.78 is 0. The van der Waals surface area contributed by atoms with Gasteiger partial charge in [-0.15, -0.1) is 0 Å². The largest absolute Gasteiger partial charge is 0.361 e. The number of benzene rings is 4. The number of allylic oxidation sites excluding steroid dienone is 1. The summed E-state index contributed by atoms with van der Waals surface area (Å²) in [5, 5.41) is 9.76. The lowest BCUT2D eigenvalue weighted by molar-refractivity contribution is -0.251. The molecule has 4 heteroatoms. The van der Waals surface area contributed by atoms with Gasteiger partial charge in [0, 0.05) is 11.7 Å². The highest BCUT2D eigenvalue weighted by molar-refractivity contribution is 5.98. The van der Waals surface area contributed by atoms with Crippen LogP contribution in [0.1, 0.15) is 0 Å². The van der Waals surface area contributed by atoms with Crippen molar-refractivity contribution in [1.29, 1.82) is 0 Å². The number of para-hydroxylation sites is 1. The Morgan fingerprint density at radius 3 is 1.59 bits per heavy atom. The summed E-state index contributed by atoms with van der Waals surface area (Å²) in [6, 6.07) is 31.7. The fourth-order valence-electron chi connectivity index (χ4n) is 3.05. The van der Waals surface area contributed by atoms with Crippen LogP contribution < -0.4 is 0 Å². The Labute approximate surface area is 168 Å². The van der Waals surface area contributed by atoms with Crippen LogP contribution in [0.3, 0.4) is 0 Å². The molecule has 0 fully saturated rings. The van der Waals surface area contributed by atoms with Gasteiger partial charge >= 0.3 is 0 Å². The highest BCUT2D eigenvalue weighted by atomic mass is 17.3. The average Bonchev–Trinajstić information content (AvgIpc) is 3.29. The van der Waals surface area contributed by atoms with Crippen LogP contribution in [0.2, 0.25) is 0 Å². The Kier molecular flexibility index (Phi) is 5.84. The highest BCUT2D eigenvalue weighted by Crippen LogP contribution is 2.22. The van der Waals surface area contributed by atoms with Crippen LogP contribution in [0.15, 0.2) is 115 Å². The van der Waals surface area contributed by atoms with E-state index in [1.807, 2.05) is 18.3 Å². The predicted octanol–water partition coefficient (Wildman–Crippen LogP) is 6.61. The minimum absolute atomic E-state index is 1.21. The maximum Gasteiger partial charge on any atom is 0.147 e. The number of oxime groups is 1. The van der Waals surface area contributed by atoms with E-state index in [1.54, 1.807) is 6.08 Å². The summed E-state index contributed by atoms with van der Waals surface area (Å²) in [5.74, 6) is 0. The van der Waals surface area contributed by atoms with Crippen LogP contribution in [0, 0.1) is 0 Å². The predicted molar refractivity (Wildman–Crippen MR) is 120 cm³/mol. The molecule has 0 bridgehead atoms. The maximum atomic E-state index is 4.19. The van der Waals surface area contributed by atoms with Crippen LogP contribution in [0.25, 0.3) is 32.4 Å². The number of hydrogen-bond donors (Lipinski definition) is 1. The molecule has 142 valence electrons. The van der Waals surface area contributed by atoms with Gasteiger partial charge in [0.2, 0.25) is 0 Å². The van der Waals surface area contributed by atoms with Crippen molar-refractivity contribution in [3.8, 4) is 0 Å². The molecule has 4 nitrogen and oxygen atoms in total. The number of rotatable bonds is 0. The van der Waals surface area contributed by atoms with Crippen molar-refractivity contribution < 1.29 is 9.88 Å². The number of H-pyrrole nitrogens is 1. The van der Waals surface area contributed by atoms with Crippen LogP contribution >= 0.6 is 0 Å². The molecular weight excluding hydrogens is 360 g/mol. The van der Waals surface area contributed by atoms with Gasteiger partial charge in [0.1, 0.15) is 6.26 Å². The maximum absolute atomic E-state index is 4.19. The smallest absolute Gasteiger partial charge is 0.147 e. The number of fused-ring (bicyclic) bond motifs is 3. The average molecular weight is 380 g/mol. The number of aromatic nitrogens is 1. The minimum Gasteiger partial charge on any atom is -0.361 e. The van der Waals surface area contributed by atoms with Gasteiger partial charge in [-0.2, -0.15) is 4.99 Å². The molecule has 6 rings (SSSR count). The molecule has 0 unspecified atom stereocenters. The third-order valence-corrected chi connectivity index (χ3v) is 4.44. The summed E-state index contributed by atoms with van der Waals surface area (Å²) in [6.45, 7) is 0. The summed E-state index contributed by atoms with van der Waals surface area (Å²) in [7, 11) is 0. The van der Waals surface area contributed by atoms with Crippen molar-refractivity contribution in [2.45, 2.75) is 0 Å². The van der Waals surface area contributed by atoms with E-state index in [2.05, 4.69) is 98.9 Å². The van der Waals surface area contributed by atoms with Crippen LogP contribution in [0.5, 0.6) is 0 Å². The van der Waals surface area contributed by atoms with Gasteiger partial charge in [-0.1, -0.05) is 66.7 Å². The molecule has 1 aliphatic heterocycles. The molecule has 0 saturated carbocycles. The van der Waals surface area contributed by atoms with Crippen molar-refractivity contribution in [3.05, 3.63) is 110 Å². The first kappa shape index (κ1) is 18.3. The van der Waals surface area contributed by atoms with Crippen molar-refractivity contribution in [2.75, 3.05) is 0 Å². The van der Waals surface area contributed by atoms with E-state index in [4.69, 9.17) is 0 Å². The van der Waals surface area contributed by atoms with Gasteiger partial charge in [-0.3, -0.25) is 4.89 Å². The molecular formula is C25H20N2O2. The number of hydrogen-bond acceptors (Lipinski definition) is 3. The topological polar surface area (TPSA) is 46.6 Å². The first-order chi connectivity index (χ1) is 14.4. The van der Waals surface area contributed by atoms with Crippen LogP contribution in [-0.4, -0.2) is 11.2 Å². The first-order valence-electron chi connectivity index (χ1n) is 9.31. The Hall–Kier alpha value is -4.05. The third kappa shape index (κ3) is 4.82. The molecule has 2 heterocycles. The Morgan fingerprint density at radius 1 is 0.621 bits per heavy atom. The fourth-order valence-corrected chi connectivity index (χ4v) is 3.05. The van der Waals surface area contributed by atoms with Crippen molar-refractivity contribution >= 4 is 38.7 Å². The molecule has 0 radical (unpaired) electrons. The van der Waals surface area contributed by atoms with Crippen molar-refractivity contribution in [1.82, 2.24) is 4.98 Å². The van der Waals surface area contributed by atoms with E-state index >= 15 is 0 Å². The van der Waals surface area contributed by atoms with E-state index in [0.29, 0.717) is 0 Å². The SMILES string of the molecule is C1=COON=C1.c1ccc2[nH]ccc2c1.c1ccc2cc3ccccc3cc2c1. The van der Waals surface area contributed by atoms with E-state index in [0.717, 1.165) is 0 Å². The second-order valence-corrected chi connectivity index (χ2v) is 6.37. The summed E-state index contributed by atoms with van der Waals surface area (Å²) in [4.78, 5) is 11.4. The second kappa shape index (κ2) is 9.24. The number of nitrogens with one attached hydrogen (secondary N) is 1. The summed E-state index contributed by atoms with van der Waals surface area (Å²) in [6.07, 6.45) is 6.46. The Balaban J connectivity index is 0.000000117. The summed E-state index contributed by atoms with van der Waals surface area (Å²) >= 11 is 0. The van der Waals surface area contributed by atoms with Gasteiger partial charge in [-0.25, -0.2) is 0 Å². The van der Waals surface area contributed by atoms with E-state index in [9.17, 15) is 0 Å².